The number of hydrogen-bond acceptors (Lipinski definition) is 5. The van der Waals surface area contributed by atoms with E-state index < -0.39 is 0 Å². The molecule has 2 aromatic heterocycles. The van der Waals surface area contributed by atoms with Gasteiger partial charge in [-0.05, 0) is 38.9 Å². The Morgan fingerprint density at radius 3 is 2.83 bits per heavy atom. The summed E-state index contributed by atoms with van der Waals surface area (Å²) in [6.07, 6.45) is 2.11. The number of piperidine rings is 1. The Balaban J connectivity index is 0.00000156. The lowest BCUT2D eigenvalue weighted by molar-refractivity contribution is 0.320. The molecule has 0 unspecified atom stereocenters. The summed E-state index contributed by atoms with van der Waals surface area (Å²) in [6.45, 7) is 4.05. The lowest BCUT2D eigenvalue weighted by Gasteiger charge is -2.18. The van der Waals surface area contributed by atoms with Gasteiger partial charge < -0.3 is 9.84 Å². The molecule has 1 aliphatic rings. The molecule has 0 radical (unpaired) electrons. The molecule has 0 aliphatic carbocycles. The highest BCUT2D eigenvalue weighted by Gasteiger charge is 2.22. The molecule has 122 valence electrons. The van der Waals surface area contributed by atoms with Gasteiger partial charge in [-0.15, -0.1) is 12.4 Å². The van der Waals surface area contributed by atoms with E-state index in [0.29, 0.717) is 11.7 Å². The molecule has 0 amide bonds. The Labute approximate surface area is 140 Å². The first kappa shape index (κ1) is 16.0. The van der Waals surface area contributed by atoms with Gasteiger partial charge in [-0.1, -0.05) is 17.3 Å². The van der Waals surface area contributed by atoms with Crippen molar-refractivity contribution in [2.24, 2.45) is 7.05 Å². The van der Waals surface area contributed by atoms with E-state index in [-0.39, 0.29) is 12.4 Å². The first-order chi connectivity index (χ1) is 10.7. The maximum absolute atomic E-state index is 5.49. The van der Waals surface area contributed by atoms with Crippen LogP contribution in [0.15, 0.2) is 22.7 Å². The minimum atomic E-state index is 0. The number of aromatic nitrogens is 4. The number of benzene rings is 1. The lowest BCUT2D eigenvalue weighted by Crippen LogP contribution is -2.26. The molecule has 6 nitrogen and oxygen atoms in total. The Morgan fingerprint density at radius 2 is 2.04 bits per heavy atom. The van der Waals surface area contributed by atoms with Gasteiger partial charge in [0.1, 0.15) is 0 Å². The van der Waals surface area contributed by atoms with E-state index >= 15 is 0 Å². The fraction of sp³-hybridized carbons (Fsp3) is 0.438. The molecule has 23 heavy (non-hydrogen) atoms. The molecule has 0 atom stereocenters. The highest BCUT2D eigenvalue weighted by atomic mass is 35.5. The van der Waals surface area contributed by atoms with Gasteiger partial charge in [0.05, 0.1) is 11.2 Å². The van der Waals surface area contributed by atoms with Crippen LogP contribution in [0.4, 0.5) is 0 Å². The van der Waals surface area contributed by atoms with Gasteiger partial charge in [0.2, 0.25) is 11.7 Å². The minimum absolute atomic E-state index is 0. The van der Waals surface area contributed by atoms with Crippen molar-refractivity contribution in [3.8, 4) is 11.4 Å². The number of rotatable bonds is 2. The van der Waals surface area contributed by atoms with E-state index in [2.05, 4.69) is 32.7 Å². The van der Waals surface area contributed by atoms with Gasteiger partial charge in [0.25, 0.3) is 0 Å². The predicted octanol–water partition coefficient (Wildman–Crippen LogP) is 2.82. The van der Waals surface area contributed by atoms with Crippen molar-refractivity contribution >= 4 is 23.3 Å². The van der Waals surface area contributed by atoms with Crippen molar-refractivity contribution in [2.45, 2.75) is 25.7 Å². The van der Waals surface area contributed by atoms with Crippen molar-refractivity contribution < 1.29 is 4.52 Å². The van der Waals surface area contributed by atoms with E-state index in [4.69, 9.17) is 4.52 Å². The van der Waals surface area contributed by atoms with E-state index in [1.54, 1.807) is 0 Å². The summed E-state index contributed by atoms with van der Waals surface area (Å²) in [5.41, 5.74) is 3.09. The molecule has 0 saturated carbocycles. The Morgan fingerprint density at radius 1 is 1.26 bits per heavy atom. The zero-order valence-electron chi connectivity index (χ0n) is 13.2. The first-order valence-electron chi connectivity index (χ1n) is 7.70. The third-order valence-corrected chi connectivity index (χ3v) is 4.42. The first-order valence-corrected chi connectivity index (χ1v) is 7.70. The summed E-state index contributed by atoms with van der Waals surface area (Å²) >= 11 is 0. The molecule has 7 heteroatoms. The second-order valence-corrected chi connectivity index (χ2v) is 5.92. The van der Waals surface area contributed by atoms with E-state index in [1.807, 2.05) is 24.7 Å². The molecule has 3 heterocycles. The normalized spacial score (nSPS) is 15.7. The van der Waals surface area contributed by atoms with Crippen molar-refractivity contribution in [1.82, 2.24) is 25.2 Å². The maximum Gasteiger partial charge on any atom is 0.230 e. The summed E-state index contributed by atoms with van der Waals surface area (Å²) in [5, 5.41) is 13.1. The van der Waals surface area contributed by atoms with Crippen molar-refractivity contribution in [1.29, 1.82) is 0 Å². The predicted molar refractivity (Wildman–Crippen MR) is 90.8 cm³/mol. The minimum Gasteiger partial charge on any atom is -0.339 e. The van der Waals surface area contributed by atoms with Gasteiger partial charge >= 0.3 is 0 Å². The number of aryl methyl sites for hydroxylation is 2. The molecule has 1 aromatic carbocycles. The fourth-order valence-corrected chi connectivity index (χ4v) is 3.16. The van der Waals surface area contributed by atoms with Crippen LogP contribution in [-0.2, 0) is 7.05 Å². The van der Waals surface area contributed by atoms with Gasteiger partial charge in [-0.2, -0.15) is 10.1 Å². The standard InChI is InChI=1S/C16H19N5O.ClH/c1-10-13-4-3-12(9-14(13)21(2)19-10)15-18-16(22-20-15)11-5-7-17-8-6-11;/h3-4,9,11,17H,5-8H2,1-2H3;1H. The highest BCUT2D eigenvalue weighted by Crippen LogP contribution is 2.28. The number of nitrogens with one attached hydrogen (secondary N) is 1. The fourth-order valence-electron chi connectivity index (χ4n) is 3.16. The lowest BCUT2D eigenvalue weighted by atomic mass is 9.98. The summed E-state index contributed by atoms with van der Waals surface area (Å²) in [6, 6.07) is 6.19. The van der Waals surface area contributed by atoms with Crippen LogP contribution in [0.3, 0.4) is 0 Å². The van der Waals surface area contributed by atoms with Crippen molar-refractivity contribution in [2.75, 3.05) is 13.1 Å². The van der Waals surface area contributed by atoms with Gasteiger partial charge in [-0.3, -0.25) is 4.68 Å². The van der Waals surface area contributed by atoms with Crippen LogP contribution in [0.5, 0.6) is 0 Å². The van der Waals surface area contributed by atoms with Crippen LogP contribution in [0.2, 0.25) is 0 Å². The quantitative estimate of drug-likeness (QED) is 0.781. The Hall–Kier alpha value is -1.92. The summed E-state index contributed by atoms with van der Waals surface area (Å²) in [7, 11) is 1.95. The van der Waals surface area contributed by atoms with Crippen LogP contribution in [0.1, 0.15) is 30.3 Å². The number of halogens is 1. The third-order valence-electron chi connectivity index (χ3n) is 4.42. The molecule has 4 rings (SSSR count). The maximum atomic E-state index is 5.49. The van der Waals surface area contributed by atoms with E-state index in [9.17, 15) is 0 Å². The summed E-state index contributed by atoms with van der Waals surface area (Å²) < 4.78 is 7.39. The Kier molecular flexibility index (Phi) is 4.37. The van der Waals surface area contributed by atoms with E-state index in [1.165, 1.54) is 0 Å². The average molecular weight is 334 g/mol. The summed E-state index contributed by atoms with van der Waals surface area (Å²) in [4.78, 5) is 4.61. The van der Waals surface area contributed by atoms with Crippen molar-refractivity contribution in [3.63, 3.8) is 0 Å². The largest absolute Gasteiger partial charge is 0.339 e. The van der Waals surface area contributed by atoms with Crippen molar-refractivity contribution in [3.05, 3.63) is 29.8 Å². The monoisotopic (exact) mass is 333 g/mol. The van der Waals surface area contributed by atoms with Crippen LogP contribution in [-0.4, -0.2) is 33.0 Å². The van der Waals surface area contributed by atoms with Gasteiger partial charge in [-0.25, -0.2) is 0 Å². The Bertz CT molecular complexity index is 819. The van der Waals surface area contributed by atoms with Crippen LogP contribution < -0.4 is 5.32 Å². The molecule has 1 N–H and O–H groups in total. The smallest absolute Gasteiger partial charge is 0.230 e. The topological polar surface area (TPSA) is 68.8 Å². The van der Waals surface area contributed by atoms with E-state index in [0.717, 1.165) is 54.0 Å². The number of hydrogen-bond donors (Lipinski definition) is 1. The molecule has 1 fully saturated rings. The SMILES string of the molecule is Cc1nn(C)c2cc(-c3noc(C4CCNCC4)n3)ccc12.Cl. The zero-order chi connectivity index (χ0) is 15.1. The molecule has 0 spiro atoms. The number of fused-ring (bicyclic) bond motifs is 1. The number of nitrogens with zero attached hydrogens (tertiary/aromatic N) is 4. The second-order valence-electron chi connectivity index (χ2n) is 5.92. The highest BCUT2D eigenvalue weighted by molar-refractivity contribution is 5.86. The van der Waals surface area contributed by atoms with Crippen LogP contribution in [0.25, 0.3) is 22.3 Å². The molecule has 1 saturated heterocycles. The molecular weight excluding hydrogens is 314 g/mol. The average Bonchev–Trinajstić information content (AvgIpc) is 3.14. The third kappa shape index (κ3) is 2.84. The molecule has 3 aromatic rings. The second kappa shape index (κ2) is 6.29. The van der Waals surface area contributed by atoms with Crippen LogP contribution in [0, 0.1) is 6.92 Å². The van der Waals surface area contributed by atoms with Gasteiger partial charge in [0, 0.05) is 23.9 Å². The molecule has 0 bridgehead atoms. The zero-order valence-corrected chi connectivity index (χ0v) is 14.1. The van der Waals surface area contributed by atoms with Crippen LogP contribution >= 0.6 is 12.4 Å². The molecule has 1 aliphatic heterocycles. The summed E-state index contributed by atoms with van der Waals surface area (Å²) in [5.74, 6) is 1.80. The van der Waals surface area contributed by atoms with Gasteiger partial charge in [0.15, 0.2) is 0 Å². The molecular formula is C16H20ClN5O.